The summed E-state index contributed by atoms with van der Waals surface area (Å²) >= 11 is 0. The largest absolute Gasteiger partial charge is 0.300 e. The summed E-state index contributed by atoms with van der Waals surface area (Å²) in [6.45, 7) is 6.20. The number of nitriles is 1. The second-order valence-electron chi connectivity index (χ2n) is 4.99. The number of hydrogen-bond donors (Lipinski definition) is 0. The summed E-state index contributed by atoms with van der Waals surface area (Å²) in [4.78, 5) is 2.21. The maximum absolute atomic E-state index is 9.21. The Labute approximate surface area is 97.5 Å². The lowest BCUT2D eigenvalue weighted by molar-refractivity contribution is 0.300. The first kappa shape index (κ1) is 11.2. The van der Waals surface area contributed by atoms with Crippen LogP contribution in [0.25, 0.3) is 0 Å². The van der Waals surface area contributed by atoms with E-state index in [4.69, 9.17) is 0 Å². The maximum atomic E-state index is 9.21. The standard InChI is InChI=1S/C14H18N2/c1-10(2)11-4-5-12-8-16(3)9-13(7-15)14(12)6-11/h4-6,10,13H,8-9H2,1-3H3. The van der Waals surface area contributed by atoms with Crippen LogP contribution >= 0.6 is 0 Å². The van der Waals surface area contributed by atoms with Gasteiger partial charge >= 0.3 is 0 Å². The lowest BCUT2D eigenvalue weighted by Crippen LogP contribution is -2.29. The van der Waals surface area contributed by atoms with Crippen molar-refractivity contribution in [1.29, 1.82) is 5.26 Å². The summed E-state index contributed by atoms with van der Waals surface area (Å²) in [5.41, 5.74) is 3.89. The minimum Gasteiger partial charge on any atom is -0.300 e. The third kappa shape index (κ3) is 1.96. The molecule has 1 atom stereocenters. The third-order valence-electron chi connectivity index (χ3n) is 3.30. The van der Waals surface area contributed by atoms with Crippen LogP contribution in [0.15, 0.2) is 18.2 Å². The summed E-state index contributed by atoms with van der Waals surface area (Å²) in [6.07, 6.45) is 0. The Morgan fingerprint density at radius 1 is 1.44 bits per heavy atom. The molecule has 0 saturated carbocycles. The van der Waals surface area contributed by atoms with Gasteiger partial charge in [0, 0.05) is 13.1 Å². The van der Waals surface area contributed by atoms with Crippen LogP contribution in [0.4, 0.5) is 0 Å². The van der Waals surface area contributed by atoms with E-state index in [-0.39, 0.29) is 5.92 Å². The zero-order chi connectivity index (χ0) is 11.7. The normalized spacial score (nSPS) is 20.6. The summed E-state index contributed by atoms with van der Waals surface area (Å²) in [5, 5.41) is 9.21. The highest BCUT2D eigenvalue weighted by atomic mass is 15.1. The molecule has 0 aliphatic carbocycles. The van der Waals surface area contributed by atoms with Crippen molar-refractivity contribution >= 4 is 0 Å². The molecule has 0 saturated heterocycles. The van der Waals surface area contributed by atoms with Crippen LogP contribution in [-0.4, -0.2) is 18.5 Å². The van der Waals surface area contributed by atoms with Crippen molar-refractivity contribution in [3.05, 3.63) is 34.9 Å². The molecule has 1 aliphatic heterocycles. The van der Waals surface area contributed by atoms with E-state index in [1.165, 1.54) is 16.7 Å². The Morgan fingerprint density at radius 3 is 2.81 bits per heavy atom. The molecule has 1 heterocycles. The SMILES string of the molecule is CC(C)c1ccc2c(c1)C(C#N)CN(C)C2. The molecule has 0 radical (unpaired) electrons. The Hall–Kier alpha value is -1.33. The molecule has 84 valence electrons. The second-order valence-corrected chi connectivity index (χ2v) is 4.99. The van der Waals surface area contributed by atoms with Crippen LogP contribution in [0.2, 0.25) is 0 Å². The van der Waals surface area contributed by atoms with Gasteiger partial charge in [0.1, 0.15) is 0 Å². The molecular formula is C14H18N2. The van der Waals surface area contributed by atoms with Crippen LogP contribution in [0, 0.1) is 11.3 Å². The number of hydrogen-bond acceptors (Lipinski definition) is 2. The molecule has 2 heteroatoms. The number of rotatable bonds is 1. The zero-order valence-electron chi connectivity index (χ0n) is 10.2. The van der Waals surface area contributed by atoms with Crippen molar-refractivity contribution < 1.29 is 0 Å². The van der Waals surface area contributed by atoms with Crippen LogP contribution < -0.4 is 0 Å². The van der Waals surface area contributed by atoms with Crippen LogP contribution in [0.3, 0.4) is 0 Å². The van der Waals surface area contributed by atoms with Gasteiger partial charge in [-0.2, -0.15) is 5.26 Å². The van der Waals surface area contributed by atoms with E-state index in [1.54, 1.807) is 0 Å². The van der Waals surface area contributed by atoms with Crippen LogP contribution in [-0.2, 0) is 6.54 Å². The van der Waals surface area contributed by atoms with Gasteiger partial charge in [-0.1, -0.05) is 32.0 Å². The Morgan fingerprint density at radius 2 is 2.19 bits per heavy atom. The van der Waals surface area contributed by atoms with E-state index in [9.17, 15) is 5.26 Å². The monoisotopic (exact) mass is 214 g/mol. The van der Waals surface area contributed by atoms with E-state index in [1.807, 2.05) is 0 Å². The summed E-state index contributed by atoms with van der Waals surface area (Å²) in [5.74, 6) is 0.566. The van der Waals surface area contributed by atoms with Crippen molar-refractivity contribution in [2.45, 2.75) is 32.2 Å². The highest BCUT2D eigenvalue weighted by molar-refractivity contribution is 5.40. The summed E-state index contributed by atoms with van der Waals surface area (Å²) in [7, 11) is 2.07. The van der Waals surface area contributed by atoms with E-state index in [0.717, 1.165) is 13.1 Å². The first-order chi connectivity index (χ1) is 7.61. The van der Waals surface area contributed by atoms with Crippen LogP contribution in [0.5, 0.6) is 0 Å². The predicted octanol–water partition coefficient (Wildman–Crippen LogP) is 2.86. The van der Waals surface area contributed by atoms with Crippen molar-refractivity contribution in [3.8, 4) is 6.07 Å². The molecule has 0 N–H and O–H groups in total. The van der Waals surface area contributed by atoms with Gasteiger partial charge in [-0.25, -0.2) is 0 Å². The average molecular weight is 214 g/mol. The molecule has 0 aromatic heterocycles. The molecule has 2 rings (SSSR count). The van der Waals surface area contributed by atoms with Gasteiger partial charge < -0.3 is 4.90 Å². The lowest BCUT2D eigenvalue weighted by atomic mass is 9.87. The Kier molecular flexibility index (Phi) is 2.98. The van der Waals surface area contributed by atoms with Gasteiger partial charge in [-0.3, -0.25) is 0 Å². The van der Waals surface area contributed by atoms with Gasteiger partial charge in [0.05, 0.1) is 12.0 Å². The molecule has 1 aromatic rings. The lowest BCUT2D eigenvalue weighted by Gasteiger charge is -2.29. The van der Waals surface area contributed by atoms with Gasteiger partial charge in [-0.15, -0.1) is 0 Å². The average Bonchev–Trinajstić information content (AvgIpc) is 2.27. The number of benzene rings is 1. The van der Waals surface area contributed by atoms with E-state index in [2.05, 4.69) is 50.1 Å². The minimum absolute atomic E-state index is 0.0347. The quantitative estimate of drug-likeness (QED) is 0.718. The topological polar surface area (TPSA) is 27.0 Å². The fraction of sp³-hybridized carbons (Fsp3) is 0.500. The molecule has 1 unspecified atom stereocenters. The van der Waals surface area contributed by atoms with E-state index in [0.29, 0.717) is 5.92 Å². The predicted molar refractivity (Wildman–Crippen MR) is 65.2 cm³/mol. The van der Waals surface area contributed by atoms with E-state index >= 15 is 0 Å². The molecular weight excluding hydrogens is 196 g/mol. The molecule has 1 aromatic carbocycles. The first-order valence-electron chi connectivity index (χ1n) is 5.82. The Bertz CT molecular complexity index is 429. The molecule has 0 fully saturated rings. The fourth-order valence-electron chi connectivity index (χ4n) is 2.32. The molecule has 16 heavy (non-hydrogen) atoms. The summed E-state index contributed by atoms with van der Waals surface area (Å²) in [6, 6.07) is 9.01. The fourth-order valence-corrected chi connectivity index (χ4v) is 2.32. The van der Waals surface area contributed by atoms with Crippen molar-refractivity contribution in [3.63, 3.8) is 0 Å². The maximum Gasteiger partial charge on any atom is 0.0842 e. The van der Waals surface area contributed by atoms with Gasteiger partial charge in [0.25, 0.3) is 0 Å². The smallest absolute Gasteiger partial charge is 0.0842 e. The highest BCUT2D eigenvalue weighted by Crippen LogP contribution is 2.29. The highest BCUT2D eigenvalue weighted by Gasteiger charge is 2.23. The first-order valence-corrected chi connectivity index (χ1v) is 5.82. The minimum atomic E-state index is 0.0347. The second kappa shape index (κ2) is 4.27. The molecule has 0 bridgehead atoms. The molecule has 2 nitrogen and oxygen atoms in total. The van der Waals surface area contributed by atoms with Gasteiger partial charge in [0.2, 0.25) is 0 Å². The van der Waals surface area contributed by atoms with Crippen molar-refractivity contribution in [2.75, 3.05) is 13.6 Å². The summed E-state index contributed by atoms with van der Waals surface area (Å²) < 4.78 is 0. The number of nitrogens with zero attached hydrogens (tertiary/aromatic N) is 2. The van der Waals surface area contributed by atoms with Crippen molar-refractivity contribution in [2.24, 2.45) is 0 Å². The van der Waals surface area contributed by atoms with Gasteiger partial charge in [0.15, 0.2) is 0 Å². The Balaban J connectivity index is 2.44. The molecule has 0 spiro atoms. The molecule has 1 aliphatic rings. The zero-order valence-corrected chi connectivity index (χ0v) is 10.2. The number of likely N-dealkylation sites (N-methyl/N-ethyl adjacent to an activating group) is 1. The molecule has 0 amide bonds. The third-order valence-corrected chi connectivity index (χ3v) is 3.30. The van der Waals surface area contributed by atoms with Gasteiger partial charge in [-0.05, 0) is 29.7 Å². The number of fused-ring (bicyclic) bond motifs is 1. The van der Waals surface area contributed by atoms with E-state index < -0.39 is 0 Å². The van der Waals surface area contributed by atoms with Crippen molar-refractivity contribution in [1.82, 2.24) is 4.90 Å². The van der Waals surface area contributed by atoms with Crippen LogP contribution in [0.1, 0.15) is 42.4 Å².